The molecule has 7 nitrogen and oxygen atoms in total. The maximum Gasteiger partial charge on any atom is 0.303 e. The van der Waals surface area contributed by atoms with Gasteiger partial charge in [0.2, 0.25) is 10.0 Å². The molecule has 0 saturated heterocycles. The molecule has 1 spiro atoms. The number of hydrogen-bond donors (Lipinski definition) is 3. The summed E-state index contributed by atoms with van der Waals surface area (Å²) in [6, 6.07) is 16.8. The third-order valence-electron chi connectivity index (χ3n) is 8.51. The van der Waals surface area contributed by atoms with Crippen molar-refractivity contribution in [3.05, 3.63) is 81.9 Å². The Balaban J connectivity index is 1.29. The highest BCUT2D eigenvalue weighted by Crippen LogP contribution is 2.64. The van der Waals surface area contributed by atoms with Crippen LogP contribution in [0.15, 0.2) is 48.5 Å². The van der Waals surface area contributed by atoms with Crippen LogP contribution >= 0.6 is 0 Å². The largest absolute Gasteiger partial charge is 0.492 e. The Kier molecular flexibility index (Phi) is 7.68. The van der Waals surface area contributed by atoms with Gasteiger partial charge in [0.15, 0.2) is 0 Å². The minimum absolute atomic E-state index is 0.139. The molecule has 1 unspecified atom stereocenters. The highest BCUT2D eigenvalue weighted by Gasteiger charge is 2.54. The summed E-state index contributed by atoms with van der Waals surface area (Å²) in [5.74, 6) is 0.149. The summed E-state index contributed by atoms with van der Waals surface area (Å²) >= 11 is 0. The molecule has 0 radical (unpaired) electrons. The normalized spacial score (nSPS) is 17.1. The lowest BCUT2D eigenvalue weighted by atomic mass is 9.87. The summed E-state index contributed by atoms with van der Waals surface area (Å²) in [5, 5.41) is 13.0. The van der Waals surface area contributed by atoms with Gasteiger partial charge < -0.3 is 15.2 Å². The number of ether oxygens (including phenoxy) is 1. The monoisotopic (exact) mass is 562 g/mol. The number of carboxylic acids is 1. The van der Waals surface area contributed by atoms with Crippen molar-refractivity contribution in [2.24, 2.45) is 5.41 Å². The van der Waals surface area contributed by atoms with Crippen molar-refractivity contribution in [3.8, 4) is 16.9 Å². The van der Waals surface area contributed by atoms with Crippen molar-refractivity contribution in [1.29, 1.82) is 0 Å². The second kappa shape index (κ2) is 10.9. The Labute approximate surface area is 237 Å². The first-order valence-corrected chi connectivity index (χ1v) is 15.7. The summed E-state index contributed by atoms with van der Waals surface area (Å²) < 4.78 is 30.8. The van der Waals surface area contributed by atoms with Crippen LogP contribution in [0.5, 0.6) is 5.75 Å². The Morgan fingerprint density at radius 2 is 1.80 bits per heavy atom. The highest BCUT2D eigenvalue weighted by atomic mass is 32.2. The van der Waals surface area contributed by atoms with E-state index in [0.29, 0.717) is 6.54 Å². The van der Waals surface area contributed by atoms with Crippen LogP contribution in [0.2, 0.25) is 0 Å². The summed E-state index contributed by atoms with van der Waals surface area (Å²) in [7, 11) is -3.24. The minimum Gasteiger partial charge on any atom is -0.492 e. The molecule has 0 bridgehead atoms. The van der Waals surface area contributed by atoms with E-state index in [-0.39, 0.29) is 30.9 Å². The predicted octanol–water partition coefficient (Wildman–Crippen LogP) is 5.71. The zero-order valence-corrected chi connectivity index (χ0v) is 24.5. The first kappa shape index (κ1) is 28.2. The molecule has 0 aromatic heterocycles. The number of benzene rings is 3. The fraction of sp³-hybridized carbons (Fsp3) is 0.406. The van der Waals surface area contributed by atoms with Crippen molar-refractivity contribution in [1.82, 2.24) is 4.72 Å². The molecule has 3 aromatic rings. The maximum atomic E-state index is 11.5. The SMILES string of the molecule is Cc1cc(OCCNS(C)(=O)=O)cc(C)c1-c1cccc(CNc2ccc3c(c2)CC2(CC2)C3CC(=O)O)c1C. The lowest BCUT2D eigenvalue weighted by Gasteiger charge is -2.18. The molecular formula is C32H38N2O5S. The molecule has 5 rings (SSSR count). The molecule has 0 heterocycles. The van der Waals surface area contributed by atoms with Crippen LogP contribution < -0.4 is 14.8 Å². The quantitative estimate of drug-likeness (QED) is 0.259. The molecule has 8 heteroatoms. The number of carbonyl (C=O) groups is 1. The number of rotatable bonds is 11. The topological polar surface area (TPSA) is 105 Å². The van der Waals surface area contributed by atoms with Gasteiger partial charge >= 0.3 is 5.97 Å². The molecule has 1 atom stereocenters. The Hall–Kier alpha value is -3.36. The van der Waals surface area contributed by atoms with Crippen LogP contribution in [-0.4, -0.2) is 38.9 Å². The molecule has 212 valence electrons. The van der Waals surface area contributed by atoms with Crippen molar-refractivity contribution in [2.45, 2.75) is 58.9 Å². The van der Waals surface area contributed by atoms with E-state index in [2.05, 4.69) is 67.2 Å². The number of anilines is 1. The second-order valence-electron chi connectivity index (χ2n) is 11.5. The lowest BCUT2D eigenvalue weighted by molar-refractivity contribution is -0.137. The number of aryl methyl sites for hydroxylation is 2. The number of sulfonamides is 1. The first-order valence-electron chi connectivity index (χ1n) is 13.8. The fourth-order valence-corrected chi connectivity index (χ4v) is 6.85. The number of nitrogens with one attached hydrogen (secondary N) is 2. The maximum absolute atomic E-state index is 11.5. The van der Waals surface area contributed by atoms with Crippen LogP contribution in [0.3, 0.4) is 0 Å². The van der Waals surface area contributed by atoms with Gasteiger partial charge in [0.1, 0.15) is 12.4 Å². The van der Waals surface area contributed by atoms with Crippen molar-refractivity contribution < 1.29 is 23.1 Å². The molecule has 2 aliphatic rings. The molecule has 0 aliphatic heterocycles. The third kappa shape index (κ3) is 6.03. The molecule has 3 N–H and O–H groups in total. The average molecular weight is 563 g/mol. The third-order valence-corrected chi connectivity index (χ3v) is 9.24. The summed E-state index contributed by atoms with van der Waals surface area (Å²) in [4.78, 5) is 11.5. The van der Waals surface area contributed by atoms with E-state index >= 15 is 0 Å². The van der Waals surface area contributed by atoms with Gasteiger partial charge in [-0.3, -0.25) is 4.79 Å². The summed E-state index contributed by atoms with van der Waals surface area (Å²) in [6.07, 6.45) is 4.59. The number of hydrogen-bond acceptors (Lipinski definition) is 5. The van der Waals surface area contributed by atoms with Crippen LogP contribution in [0.4, 0.5) is 5.69 Å². The molecule has 1 fully saturated rings. The van der Waals surface area contributed by atoms with Gasteiger partial charge in [0, 0.05) is 24.7 Å². The van der Waals surface area contributed by atoms with Gasteiger partial charge in [-0.2, -0.15) is 0 Å². The molecule has 1 saturated carbocycles. The average Bonchev–Trinajstić information content (AvgIpc) is 3.58. The molecule has 40 heavy (non-hydrogen) atoms. The molecule has 3 aromatic carbocycles. The fourth-order valence-electron chi connectivity index (χ4n) is 6.40. The van der Waals surface area contributed by atoms with E-state index in [9.17, 15) is 18.3 Å². The number of fused-ring (bicyclic) bond motifs is 1. The first-order chi connectivity index (χ1) is 19.0. The van der Waals surface area contributed by atoms with Crippen LogP contribution in [0.25, 0.3) is 11.1 Å². The minimum atomic E-state index is -3.24. The lowest BCUT2D eigenvalue weighted by Crippen LogP contribution is -2.26. The van der Waals surface area contributed by atoms with Gasteiger partial charge in [-0.1, -0.05) is 24.3 Å². The molecule has 2 aliphatic carbocycles. The smallest absolute Gasteiger partial charge is 0.303 e. The van der Waals surface area contributed by atoms with Crippen LogP contribution in [0, 0.1) is 26.2 Å². The standard InChI is InChI=1S/C32H38N2O5S/c1-20-14-26(39-13-12-34-40(4,37)38)15-21(2)31(20)27-7-5-6-23(22(27)3)19-33-25-8-9-28-24(16-25)18-32(10-11-32)29(28)17-30(35)36/h5-9,14-16,29,33-34H,10-13,17-19H2,1-4H3,(H,35,36). The zero-order valence-electron chi connectivity index (χ0n) is 23.6. The number of aliphatic carboxylic acids is 1. The molecule has 0 amide bonds. The zero-order chi connectivity index (χ0) is 28.7. The van der Waals surface area contributed by atoms with E-state index in [0.717, 1.165) is 48.1 Å². The Bertz CT molecular complexity index is 1540. The summed E-state index contributed by atoms with van der Waals surface area (Å²) in [5.41, 5.74) is 10.7. The van der Waals surface area contributed by atoms with E-state index in [1.807, 2.05) is 12.1 Å². The number of carboxylic acid groups (broad SMARTS) is 1. The predicted molar refractivity (Wildman–Crippen MR) is 159 cm³/mol. The van der Waals surface area contributed by atoms with Crippen molar-refractivity contribution in [3.63, 3.8) is 0 Å². The van der Waals surface area contributed by atoms with Gasteiger partial charge in [0.05, 0.1) is 12.7 Å². The van der Waals surface area contributed by atoms with Crippen LogP contribution in [-0.2, 0) is 27.8 Å². The Morgan fingerprint density at radius 1 is 1.07 bits per heavy atom. The van der Waals surface area contributed by atoms with Gasteiger partial charge in [-0.05, 0) is 114 Å². The van der Waals surface area contributed by atoms with E-state index < -0.39 is 16.0 Å². The van der Waals surface area contributed by atoms with E-state index in [1.165, 1.54) is 33.4 Å². The van der Waals surface area contributed by atoms with Crippen molar-refractivity contribution >= 4 is 21.7 Å². The highest BCUT2D eigenvalue weighted by molar-refractivity contribution is 7.88. The summed E-state index contributed by atoms with van der Waals surface area (Å²) in [6.45, 7) is 7.47. The van der Waals surface area contributed by atoms with Crippen LogP contribution in [0.1, 0.15) is 58.6 Å². The Morgan fingerprint density at radius 3 is 2.45 bits per heavy atom. The van der Waals surface area contributed by atoms with Gasteiger partial charge in [-0.25, -0.2) is 13.1 Å². The molecular weight excluding hydrogens is 524 g/mol. The van der Waals surface area contributed by atoms with Gasteiger partial charge in [-0.15, -0.1) is 0 Å². The van der Waals surface area contributed by atoms with E-state index in [4.69, 9.17) is 4.74 Å². The van der Waals surface area contributed by atoms with Gasteiger partial charge in [0.25, 0.3) is 0 Å². The van der Waals surface area contributed by atoms with E-state index in [1.54, 1.807) is 0 Å². The second-order valence-corrected chi connectivity index (χ2v) is 13.3. The van der Waals surface area contributed by atoms with Crippen molar-refractivity contribution in [2.75, 3.05) is 24.7 Å².